The molecule has 0 spiro atoms. The molecule has 2 atom stereocenters. The second-order valence-electron chi connectivity index (χ2n) is 15.2. The van der Waals surface area contributed by atoms with Gasteiger partial charge in [0.2, 0.25) is 0 Å². The third-order valence-electron chi connectivity index (χ3n) is 11.7. The molecule has 57 heavy (non-hydrogen) atoms. The van der Waals surface area contributed by atoms with Gasteiger partial charge in [-0.1, -0.05) is 153 Å². The Bertz CT molecular complexity index is 2780. The van der Waals surface area contributed by atoms with Gasteiger partial charge < -0.3 is 0 Å². The molecule has 0 aliphatic heterocycles. The lowest BCUT2D eigenvalue weighted by Crippen LogP contribution is -2.33. The van der Waals surface area contributed by atoms with Gasteiger partial charge in [0, 0.05) is 34.9 Å². The predicted molar refractivity (Wildman–Crippen MR) is 236 cm³/mol. The van der Waals surface area contributed by atoms with Gasteiger partial charge in [-0.15, -0.1) is 0 Å². The molecule has 2 unspecified atom stereocenters. The van der Waals surface area contributed by atoms with Crippen LogP contribution in [0, 0.1) is 5.41 Å². The molecule has 2 heterocycles. The van der Waals surface area contributed by atoms with Gasteiger partial charge in [-0.2, -0.15) is 0 Å². The normalized spacial score (nSPS) is 17.1. The van der Waals surface area contributed by atoms with Gasteiger partial charge >= 0.3 is 0 Å². The van der Waals surface area contributed by atoms with E-state index < -0.39 is 0 Å². The number of pyridine rings is 2. The van der Waals surface area contributed by atoms with E-state index in [9.17, 15) is 0 Å². The van der Waals surface area contributed by atoms with Gasteiger partial charge in [0.25, 0.3) is 0 Å². The number of nitrogens with zero attached hydrogens (tertiary/aromatic N) is 2. The summed E-state index contributed by atoms with van der Waals surface area (Å²) in [5, 5.41) is 0. The van der Waals surface area contributed by atoms with Crippen LogP contribution in [0.1, 0.15) is 40.7 Å². The molecule has 8 aromatic rings. The molecule has 2 heteroatoms. The first kappa shape index (κ1) is 34.3. The molecule has 2 aliphatic carbocycles. The minimum absolute atomic E-state index is 0.0552. The largest absolute Gasteiger partial charge is 0.256 e. The first-order valence-corrected chi connectivity index (χ1v) is 19.7. The monoisotopic (exact) mass is 728 g/mol. The Morgan fingerprint density at radius 3 is 1.61 bits per heavy atom. The molecular weight excluding hydrogens is 689 g/mol. The quantitative estimate of drug-likeness (QED) is 0.163. The van der Waals surface area contributed by atoms with Crippen LogP contribution in [-0.2, 0) is 0 Å². The van der Waals surface area contributed by atoms with E-state index in [0.717, 1.165) is 22.5 Å². The lowest BCUT2D eigenvalue weighted by molar-refractivity contribution is 0.449. The van der Waals surface area contributed by atoms with E-state index >= 15 is 0 Å². The molecule has 10 rings (SSSR count). The van der Waals surface area contributed by atoms with Crippen LogP contribution in [0.15, 0.2) is 224 Å². The highest BCUT2D eigenvalue weighted by Gasteiger charge is 2.45. The maximum atomic E-state index is 4.73. The number of fused-ring (bicyclic) bond motifs is 2. The average Bonchev–Trinajstić information content (AvgIpc) is 3.29. The van der Waals surface area contributed by atoms with Crippen molar-refractivity contribution < 1.29 is 0 Å². The molecule has 0 saturated heterocycles. The Labute approximate surface area is 334 Å². The zero-order valence-electron chi connectivity index (χ0n) is 31.8. The highest BCUT2D eigenvalue weighted by atomic mass is 14.7. The third-order valence-corrected chi connectivity index (χ3v) is 11.7. The Kier molecular flexibility index (Phi) is 8.73. The first-order chi connectivity index (χ1) is 28.1. The Balaban J connectivity index is 1.22. The molecule has 6 aromatic carbocycles. The standard InChI is InChI=1S/C55H40N2/c1-55-29-28-40(47-35-45(38-16-4-2-5-17-38)34-46(36-47)39-18-6-3-7-19-39)37-50(55)53(43-22-14-20-41(32-43)51-26-10-12-30-56-51)48-24-8-9-25-49(48)54(55)44-23-15-21-42(33-44)52-27-11-13-31-57-52/h2-37,54H,1H3. The van der Waals surface area contributed by atoms with Crippen LogP contribution < -0.4 is 0 Å². The summed E-state index contributed by atoms with van der Waals surface area (Å²) in [6.45, 7) is 2.43. The Morgan fingerprint density at radius 1 is 0.439 bits per heavy atom. The fourth-order valence-corrected chi connectivity index (χ4v) is 8.93. The number of aromatic nitrogens is 2. The number of hydrogen-bond acceptors (Lipinski definition) is 2. The summed E-state index contributed by atoms with van der Waals surface area (Å²) in [7, 11) is 0. The van der Waals surface area contributed by atoms with Crippen LogP contribution in [0.25, 0.3) is 55.9 Å². The second kappa shape index (κ2) is 14.5. The van der Waals surface area contributed by atoms with Gasteiger partial charge in [-0.25, -0.2) is 0 Å². The molecule has 0 saturated carbocycles. The molecule has 2 nitrogen and oxygen atoms in total. The molecule has 2 aromatic heterocycles. The summed E-state index contributed by atoms with van der Waals surface area (Å²) in [5.41, 5.74) is 18.6. The number of benzene rings is 6. The van der Waals surface area contributed by atoms with Gasteiger partial charge in [0.1, 0.15) is 0 Å². The maximum absolute atomic E-state index is 4.73. The fourth-order valence-electron chi connectivity index (χ4n) is 8.93. The summed E-state index contributed by atoms with van der Waals surface area (Å²) in [6.07, 6.45) is 11.1. The summed E-state index contributed by atoms with van der Waals surface area (Å²) in [5.74, 6) is 0.0552. The van der Waals surface area contributed by atoms with E-state index in [0.29, 0.717) is 0 Å². The van der Waals surface area contributed by atoms with E-state index in [4.69, 9.17) is 9.97 Å². The highest BCUT2D eigenvalue weighted by Crippen LogP contribution is 2.58. The van der Waals surface area contributed by atoms with E-state index in [1.807, 2.05) is 24.5 Å². The number of rotatable bonds is 7. The SMILES string of the molecule is CC12C=CC(c3cc(-c4ccccc4)cc(-c4ccccc4)c3)=CC1=C(c1cccc(-c3ccccn3)c1)c1ccccc1C2c1cccc(-c2ccccn2)c1. The van der Waals surface area contributed by atoms with E-state index in [-0.39, 0.29) is 11.3 Å². The van der Waals surface area contributed by atoms with Crippen LogP contribution in [-0.4, -0.2) is 9.97 Å². The second-order valence-corrected chi connectivity index (χ2v) is 15.2. The van der Waals surface area contributed by atoms with E-state index in [1.165, 1.54) is 66.8 Å². The molecule has 2 aliphatic rings. The average molecular weight is 729 g/mol. The predicted octanol–water partition coefficient (Wildman–Crippen LogP) is 13.8. The molecule has 0 amide bonds. The van der Waals surface area contributed by atoms with Gasteiger partial charge in [-0.05, 0) is 127 Å². The van der Waals surface area contributed by atoms with Crippen molar-refractivity contribution in [2.24, 2.45) is 5.41 Å². The molecule has 0 N–H and O–H groups in total. The van der Waals surface area contributed by atoms with E-state index in [2.05, 4.69) is 201 Å². The van der Waals surface area contributed by atoms with Crippen LogP contribution in [0.5, 0.6) is 0 Å². The summed E-state index contributed by atoms with van der Waals surface area (Å²) >= 11 is 0. The van der Waals surface area contributed by atoms with Crippen molar-refractivity contribution in [3.05, 3.63) is 252 Å². The number of allylic oxidation sites excluding steroid dienone is 5. The zero-order chi connectivity index (χ0) is 38.2. The van der Waals surface area contributed by atoms with Gasteiger partial charge in [0.05, 0.1) is 11.4 Å². The zero-order valence-corrected chi connectivity index (χ0v) is 31.8. The van der Waals surface area contributed by atoms with Crippen molar-refractivity contribution in [1.29, 1.82) is 0 Å². The minimum Gasteiger partial charge on any atom is -0.256 e. The smallest absolute Gasteiger partial charge is 0.0702 e. The van der Waals surface area contributed by atoms with E-state index in [1.54, 1.807) is 0 Å². The van der Waals surface area contributed by atoms with Crippen molar-refractivity contribution in [2.45, 2.75) is 12.8 Å². The molecule has 270 valence electrons. The van der Waals surface area contributed by atoms with Crippen molar-refractivity contribution >= 4 is 11.1 Å². The Hall–Kier alpha value is -7.16. The van der Waals surface area contributed by atoms with Crippen molar-refractivity contribution in [2.75, 3.05) is 0 Å². The maximum Gasteiger partial charge on any atom is 0.0702 e. The molecule has 0 fully saturated rings. The third kappa shape index (κ3) is 6.36. The molecule has 0 radical (unpaired) electrons. The van der Waals surface area contributed by atoms with Crippen LogP contribution in [0.2, 0.25) is 0 Å². The summed E-state index contributed by atoms with van der Waals surface area (Å²) in [4.78, 5) is 9.46. The van der Waals surface area contributed by atoms with Crippen LogP contribution >= 0.6 is 0 Å². The van der Waals surface area contributed by atoms with Crippen molar-refractivity contribution in [1.82, 2.24) is 9.97 Å². The van der Waals surface area contributed by atoms with Gasteiger partial charge in [0.15, 0.2) is 0 Å². The minimum atomic E-state index is -0.379. The Morgan fingerprint density at radius 2 is 0.965 bits per heavy atom. The van der Waals surface area contributed by atoms with Crippen LogP contribution in [0.3, 0.4) is 0 Å². The van der Waals surface area contributed by atoms with Crippen molar-refractivity contribution in [3.63, 3.8) is 0 Å². The lowest BCUT2D eigenvalue weighted by Gasteiger charge is -2.45. The topological polar surface area (TPSA) is 25.8 Å². The first-order valence-electron chi connectivity index (χ1n) is 19.7. The lowest BCUT2D eigenvalue weighted by atomic mass is 9.57. The highest BCUT2D eigenvalue weighted by molar-refractivity contribution is 5.95. The molecule has 0 bridgehead atoms. The number of hydrogen-bond donors (Lipinski definition) is 0. The summed E-state index contributed by atoms with van der Waals surface area (Å²) in [6, 6.07) is 67.7. The van der Waals surface area contributed by atoms with Crippen LogP contribution in [0.4, 0.5) is 0 Å². The molecular formula is C55H40N2. The van der Waals surface area contributed by atoms with Crippen molar-refractivity contribution in [3.8, 4) is 44.8 Å². The summed E-state index contributed by atoms with van der Waals surface area (Å²) < 4.78 is 0. The fraction of sp³-hybridized carbons (Fsp3) is 0.0545. The van der Waals surface area contributed by atoms with Gasteiger partial charge in [-0.3, -0.25) is 9.97 Å².